The summed E-state index contributed by atoms with van der Waals surface area (Å²) in [5, 5.41) is 1.32. The maximum absolute atomic E-state index is 13.0. The average Bonchev–Trinajstić information content (AvgIpc) is 2.74. The third-order valence-corrected chi connectivity index (χ3v) is 9.12. The lowest BCUT2D eigenvalue weighted by Gasteiger charge is -2.31. The van der Waals surface area contributed by atoms with Crippen LogP contribution >= 0.6 is 0 Å². The minimum absolute atomic E-state index is 0.156. The number of hydrogen-bond acceptors (Lipinski definition) is 5. The largest absolute Gasteiger partial charge is 0.325 e. The highest BCUT2D eigenvalue weighted by Crippen LogP contribution is 2.26. The Bertz CT molecular complexity index is 1110. The van der Waals surface area contributed by atoms with Crippen LogP contribution in [0.3, 0.4) is 0 Å². The van der Waals surface area contributed by atoms with Gasteiger partial charge in [-0.1, -0.05) is 30.3 Å². The summed E-state index contributed by atoms with van der Waals surface area (Å²) in [6.07, 6.45) is 3.57. The van der Waals surface area contributed by atoms with Crippen LogP contribution in [-0.2, 0) is 31.1 Å². The molecule has 0 aromatic heterocycles. The normalized spacial score (nSPS) is 17.2. The molecule has 1 N–H and O–H groups in total. The first-order valence-corrected chi connectivity index (χ1v) is 13.6. The second kappa shape index (κ2) is 9.50. The molecule has 1 atom stereocenters. The average molecular weight is 465 g/mol. The molecule has 9 heteroatoms. The number of hydrogen-bond donors (Lipinski definition) is 1. The van der Waals surface area contributed by atoms with E-state index in [1.54, 1.807) is 0 Å². The van der Waals surface area contributed by atoms with Gasteiger partial charge < -0.3 is 5.32 Å². The molecule has 3 rings (SSSR count). The van der Waals surface area contributed by atoms with E-state index < -0.39 is 31.0 Å². The Labute approximate surface area is 184 Å². The first kappa shape index (κ1) is 23.4. The second-order valence-electron chi connectivity index (χ2n) is 8.02. The molecule has 0 saturated carbocycles. The van der Waals surface area contributed by atoms with Crippen LogP contribution in [0.2, 0.25) is 0 Å². The molecule has 0 bridgehead atoms. The fourth-order valence-corrected chi connectivity index (χ4v) is 5.52. The molecule has 1 aliphatic heterocycles. The number of sulfone groups is 1. The van der Waals surface area contributed by atoms with Crippen molar-refractivity contribution < 1.29 is 21.6 Å². The zero-order chi connectivity index (χ0) is 22.6. The number of anilines is 1. The molecule has 1 aliphatic rings. The monoisotopic (exact) mass is 464 g/mol. The van der Waals surface area contributed by atoms with Crippen LogP contribution in [0.15, 0.2) is 59.5 Å². The Balaban J connectivity index is 1.60. The summed E-state index contributed by atoms with van der Waals surface area (Å²) in [7, 11) is -7.13. The number of nitrogens with zero attached hydrogens (tertiary/aromatic N) is 1. The van der Waals surface area contributed by atoms with Crippen molar-refractivity contribution in [1.82, 2.24) is 4.31 Å². The van der Waals surface area contributed by atoms with Crippen LogP contribution in [0.25, 0.3) is 0 Å². The highest BCUT2D eigenvalue weighted by Gasteiger charge is 2.29. The summed E-state index contributed by atoms with van der Waals surface area (Å²) in [4.78, 5) is 12.2. The first-order valence-electron chi connectivity index (χ1n) is 10.2. The molecule has 7 nitrogen and oxygen atoms in total. The number of piperidine rings is 1. The van der Waals surface area contributed by atoms with Crippen LogP contribution in [0, 0.1) is 5.92 Å². The number of benzene rings is 2. The Kier molecular flexibility index (Phi) is 7.18. The standard InChI is InChI=1S/C22H28N2O5S2/c1-17(30(2,26)27)22(25)23-20-8-10-21(11-9-20)31(28,29)24-14-12-19(13-15-24)16-18-6-4-3-5-7-18/h3-11,17,19H,12-16H2,1-2H3,(H,23,25). The van der Waals surface area contributed by atoms with E-state index in [4.69, 9.17) is 0 Å². The van der Waals surface area contributed by atoms with Gasteiger partial charge in [0.25, 0.3) is 0 Å². The molecule has 0 aliphatic carbocycles. The quantitative estimate of drug-likeness (QED) is 0.679. The topological polar surface area (TPSA) is 101 Å². The SMILES string of the molecule is CC(C(=O)Nc1ccc(S(=O)(=O)N2CCC(Cc3ccccc3)CC2)cc1)S(C)(=O)=O. The molecule has 0 spiro atoms. The maximum atomic E-state index is 13.0. The second-order valence-corrected chi connectivity index (χ2v) is 12.3. The van der Waals surface area contributed by atoms with Gasteiger partial charge in [0.05, 0.1) is 4.90 Å². The molecular weight excluding hydrogens is 436 g/mol. The van der Waals surface area contributed by atoms with Crippen molar-refractivity contribution in [2.75, 3.05) is 24.7 Å². The van der Waals surface area contributed by atoms with Crippen LogP contribution in [0.1, 0.15) is 25.3 Å². The highest BCUT2D eigenvalue weighted by atomic mass is 32.2. The van der Waals surface area contributed by atoms with E-state index in [1.807, 2.05) is 18.2 Å². The molecule has 1 fully saturated rings. The summed E-state index contributed by atoms with van der Waals surface area (Å²) in [5.74, 6) is -0.193. The predicted octanol–water partition coefficient (Wildman–Crippen LogP) is 2.70. The van der Waals surface area contributed by atoms with Gasteiger partial charge in [-0.15, -0.1) is 0 Å². The van der Waals surface area contributed by atoms with Gasteiger partial charge in [0.2, 0.25) is 15.9 Å². The Morgan fingerprint density at radius 1 is 1.00 bits per heavy atom. The molecule has 31 heavy (non-hydrogen) atoms. The van der Waals surface area contributed by atoms with Gasteiger partial charge in [-0.05, 0) is 61.9 Å². The third kappa shape index (κ3) is 5.93. The summed E-state index contributed by atoms with van der Waals surface area (Å²) in [6, 6.07) is 16.0. The summed E-state index contributed by atoms with van der Waals surface area (Å²) in [5.41, 5.74) is 1.62. The van der Waals surface area contributed by atoms with E-state index in [2.05, 4.69) is 17.4 Å². The zero-order valence-corrected chi connectivity index (χ0v) is 19.3. The molecule has 1 amide bonds. The molecular formula is C22H28N2O5S2. The molecule has 168 valence electrons. The number of carbonyl (C=O) groups excluding carboxylic acids is 1. The molecule has 0 radical (unpaired) electrons. The lowest BCUT2D eigenvalue weighted by Crippen LogP contribution is -2.38. The van der Waals surface area contributed by atoms with Crippen molar-refractivity contribution in [3.05, 3.63) is 60.2 Å². The number of nitrogens with one attached hydrogen (secondary N) is 1. The van der Waals surface area contributed by atoms with Crippen LogP contribution in [0.4, 0.5) is 5.69 Å². The Morgan fingerprint density at radius 2 is 1.58 bits per heavy atom. The number of carbonyl (C=O) groups is 1. The van der Waals surface area contributed by atoms with Crippen molar-refractivity contribution in [1.29, 1.82) is 0 Å². The van der Waals surface area contributed by atoms with Gasteiger partial charge >= 0.3 is 0 Å². The Morgan fingerprint density at radius 3 is 2.13 bits per heavy atom. The molecule has 1 heterocycles. The fraction of sp³-hybridized carbons (Fsp3) is 0.409. The number of sulfonamides is 1. The van der Waals surface area contributed by atoms with Gasteiger partial charge in [-0.3, -0.25) is 4.79 Å². The lowest BCUT2D eigenvalue weighted by molar-refractivity contribution is -0.115. The molecule has 1 unspecified atom stereocenters. The van der Waals surface area contributed by atoms with Gasteiger partial charge in [-0.2, -0.15) is 4.31 Å². The number of rotatable bonds is 7. The predicted molar refractivity (Wildman–Crippen MR) is 121 cm³/mol. The van der Waals surface area contributed by atoms with E-state index in [0.717, 1.165) is 25.5 Å². The van der Waals surface area contributed by atoms with E-state index >= 15 is 0 Å². The fourth-order valence-electron chi connectivity index (χ4n) is 3.60. The van der Waals surface area contributed by atoms with Crippen molar-refractivity contribution in [3.8, 4) is 0 Å². The summed E-state index contributed by atoms with van der Waals surface area (Å²) < 4.78 is 50.5. The first-order chi connectivity index (χ1) is 14.6. The summed E-state index contributed by atoms with van der Waals surface area (Å²) >= 11 is 0. The minimum atomic E-state index is -3.62. The van der Waals surface area contributed by atoms with Crippen LogP contribution in [0.5, 0.6) is 0 Å². The van der Waals surface area contributed by atoms with Crippen molar-refractivity contribution >= 4 is 31.5 Å². The van der Waals surface area contributed by atoms with Crippen LogP contribution < -0.4 is 5.32 Å². The smallest absolute Gasteiger partial charge is 0.243 e. The van der Waals surface area contributed by atoms with E-state index in [9.17, 15) is 21.6 Å². The van der Waals surface area contributed by atoms with Gasteiger partial charge in [0, 0.05) is 25.0 Å². The van der Waals surface area contributed by atoms with Crippen LogP contribution in [-0.4, -0.2) is 51.6 Å². The molecule has 2 aromatic rings. The maximum Gasteiger partial charge on any atom is 0.243 e. The van der Waals surface area contributed by atoms with Crippen molar-refractivity contribution in [2.24, 2.45) is 5.92 Å². The van der Waals surface area contributed by atoms with Gasteiger partial charge in [-0.25, -0.2) is 16.8 Å². The van der Waals surface area contributed by atoms with Gasteiger partial charge in [0.15, 0.2) is 9.84 Å². The number of amides is 1. The lowest BCUT2D eigenvalue weighted by atomic mass is 9.91. The molecule has 2 aromatic carbocycles. The van der Waals surface area contributed by atoms with E-state index in [-0.39, 0.29) is 4.90 Å². The van der Waals surface area contributed by atoms with E-state index in [1.165, 1.54) is 41.1 Å². The van der Waals surface area contributed by atoms with Crippen molar-refractivity contribution in [3.63, 3.8) is 0 Å². The minimum Gasteiger partial charge on any atom is -0.325 e. The zero-order valence-electron chi connectivity index (χ0n) is 17.7. The third-order valence-electron chi connectivity index (χ3n) is 5.71. The Hall–Kier alpha value is -2.23. The summed E-state index contributed by atoms with van der Waals surface area (Å²) in [6.45, 7) is 2.26. The van der Waals surface area contributed by atoms with Crippen molar-refractivity contribution in [2.45, 2.75) is 36.3 Å². The highest BCUT2D eigenvalue weighted by molar-refractivity contribution is 7.92. The van der Waals surface area contributed by atoms with E-state index in [0.29, 0.717) is 24.7 Å². The van der Waals surface area contributed by atoms with Gasteiger partial charge in [0.1, 0.15) is 5.25 Å². The molecule has 1 saturated heterocycles.